The van der Waals surface area contributed by atoms with Crippen molar-refractivity contribution in [3.63, 3.8) is 0 Å². The zero-order valence-corrected chi connectivity index (χ0v) is 14.0. The lowest BCUT2D eigenvalue weighted by Crippen LogP contribution is -2.40. The van der Waals surface area contributed by atoms with Crippen molar-refractivity contribution in [3.8, 4) is 6.07 Å². The van der Waals surface area contributed by atoms with Crippen LogP contribution < -0.4 is 10.2 Å². The Morgan fingerprint density at radius 1 is 1.41 bits per heavy atom. The molecule has 1 saturated carbocycles. The van der Waals surface area contributed by atoms with Gasteiger partial charge in [0.15, 0.2) is 0 Å². The number of amides is 1. The SMILES string of the molecule is Cc1sc(=O)n(CCC(=O)N[C@H](C#N)C2CCCCC2)c1C. The van der Waals surface area contributed by atoms with Crippen LogP contribution >= 0.6 is 11.3 Å². The van der Waals surface area contributed by atoms with E-state index >= 15 is 0 Å². The average molecular weight is 321 g/mol. The summed E-state index contributed by atoms with van der Waals surface area (Å²) in [6.45, 7) is 4.18. The van der Waals surface area contributed by atoms with Gasteiger partial charge in [-0.3, -0.25) is 9.59 Å². The number of nitriles is 1. The van der Waals surface area contributed by atoms with Crippen LogP contribution in [0.25, 0.3) is 0 Å². The first-order valence-corrected chi connectivity index (χ1v) is 8.70. The Morgan fingerprint density at radius 3 is 2.64 bits per heavy atom. The molecule has 2 rings (SSSR count). The molecule has 22 heavy (non-hydrogen) atoms. The molecule has 1 atom stereocenters. The maximum Gasteiger partial charge on any atom is 0.307 e. The van der Waals surface area contributed by atoms with E-state index < -0.39 is 6.04 Å². The number of nitrogens with one attached hydrogen (secondary N) is 1. The van der Waals surface area contributed by atoms with Crippen LogP contribution in [-0.2, 0) is 11.3 Å². The minimum absolute atomic E-state index is 0.0214. The number of nitrogens with zero attached hydrogens (tertiary/aromatic N) is 2. The fraction of sp³-hybridized carbons (Fsp3) is 0.688. The van der Waals surface area contributed by atoms with Gasteiger partial charge in [-0.15, -0.1) is 0 Å². The summed E-state index contributed by atoms with van der Waals surface area (Å²) in [4.78, 5) is 24.8. The zero-order chi connectivity index (χ0) is 16.1. The first-order chi connectivity index (χ1) is 10.5. The molecule has 0 aliphatic heterocycles. The van der Waals surface area contributed by atoms with Gasteiger partial charge in [0.1, 0.15) is 6.04 Å². The summed E-state index contributed by atoms with van der Waals surface area (Å²) in [5, 5.41) is 12.1. The Labute approximate surface area is 135 Å². The molecule has 0 spiro atoms. The topological polar surface area (TPSA) is 74.9 Å². The maximum absolute atomic E-state index is 12.1. The molecule has 1 aromatic heterocycles. The highest BCUT2D eigenvalue weighted by Gasteiger charge is 2.24. The zero-order valence-electron chi connectivity index (χ0n) is 13.2. The van der Waals surface area contributed by atoms with E-state index in [1.54, 1.807) is 4.57 Å². The molecule has 120 valence electrons. The Hall–Kier alpha value is -1.61. The predicted octanol–water partition coefficient (Wildman–Crippen LogP) is 2.51. The monoisotopic (exact) mass is 321 g/mol. The summed E-state index contributed by atoms with van der Waals surface area (Å²) in [6, 6.07) is 1.84. The van der Waals surface area contributed by atoms with E-state index in [-0.39, 0.29) is 23.1 Å². The van der Waals surface area contributed by atoms with Crippen molar-refractivity contribution in [1.82, 2.24) is 9.88 Å². The lowest BCUT2D eigenvalue weighted by Gasteiger charge is -2.26. The lowest BCUT2D eigenvalue weighted by molar-refractivity contribution is -0.122. The molecule has 5 nitrogen and oxygen atoms in total. The molecular formula is C16H23N3O2S. The van der Waals surface area contributed by atoms with E-state index in [0.29, 0.717) is 6.54 Å². The number of carbonyl (C=O) groups excluding carboxylic acids is 1. The summed E-state index contributed by atoms with van der Waals surface area (Å²) in [6.07, 6.45) is 5.77. The van der Waals surface area contributed by atoms with Crippen LogP contribution in [0.4, 0.5) is 0 Å². The van der Waals surface area contributed by atoms with Gasteiger partial charge >= 0.3 is 4.87 Å². The van der Waals surface area contributed by atoms with Crippen molar-refractivity contribution in [2.45, 2.75) is 65.0 Å². The normalized spacial score (nSPS) is 17.0. The van der Waals surface area contributed by atoms with Crippen molar-refractivity contribution in [3.05, 3.63) is 20.2 Å². The maximum atomic E-state index is 12.1. The smallest absolute Gasteiger partial charge is 0.307 e. The van der Waals surface area contributed by atoms with Crippen LogP contribution in [0.2, 0.25) is 0 Å². The van der Waals surface area contributed by atoms with Gasteiger partial charge in [0.25, 0.3) is 0 Å². The summed E-state index contributed by atoms with van der Waals surface area (Å²) in [5.74, 6) is 0.128. The molecule has 1 aliphatic carbocycles. The van der Waals surface area contributed by atoms with Crippen molar-refractivity contribution in [1.29, 1.82) is 5.26 Å². The summed E-state index contributed by atoms with van der Waals surface area (Å²) in [7, 11) is 0. The predicted molar refractivity (Wildman–Crippen MR) is 86.8 cm³/mol. The molecule has 6 heteroatoms. The number of aromatic nitrogens is 1. The molecule has 1 aliphatic rings. The van der Waals surface area contributed by atoms with Gasteiger partial charge in [0.2, 0.25) is 5.91 Å². The molecule has 0 bridgehead atoms. The average Bonchev–Trinajstić information content (AvgIpc) is 2.76. The fourth-order valence-electron chi connectivity index (χ4n) is 3.03. The third-order valence-corrected chi connectivity index (χ3v) is 5.51. The number of hydrogen-bond donors (Lipinski definition) is 1. The molecule has 1 heterocycles. The van der Waals surface area contributed by atoms with Gasteiger partial charge in [-0.05, 0) is 32.6 Å². The van der Waals surface area contributed by atoms with Crippen LogP contribution in [0.3, 0.4) is 0 Å². The largest absolute Gasteiger partial charge is 0.340 e. The molecular weight excluding hydrogens is 298 g/mol. The van der Waals surface area contributed by atoms with E-state index in [2.05, 4.69) is 11.4 Å². The number of rotatable bonds is 5. The highest BCUT2D eigenvalue weighted by molar-refractivity contribution is 7.09. The van der Waals surface area contributed by atoms with Crippen LogP contribution in [-0.4, -0.2) is 16.5 Å². The fourth-order valence-corrected chi connectivity index (χ4v) is 3.89. The standard InChI is InChI=1S/C16H23N3O2S/c1-11-12(2)22-16(21)19(11)9-8-15(20)18-14(10-17)13-6-4-3-5-7-13/h13-14H,3-9H2,1-2H3,(H,18,20)/t14-/m1/s1. The van der Waals surface area contributed by atoms with Gasteiger partial charge < -0.3 is 9.88 Å². The molecule has 1 fully saturated rings. The van der Waals surface area contributed by atoms with E-state index in [1.165, 1.54) is 17.8 Å². The Bertz CT molecular complexity index is 620. The van der Waals surface area contributed by atoms with Gasteiger partial charge in [-0.2, -0.15) is 5.26 Å². The second-order valence-electron chi connectivity index (χ2n) is 5.98. The summed E-state index contributed by atoms with van der Waals surface area (Å²) < 4.78 is 1.64. The van der Waals surface area contributed by atoms with E-state index in [1.807, 2.05) is 13.8 Å². The Kier molecular flexibility index (Phi) is 5.78. The molecule has 0 saturated heterocycles. The van der Waals surface area contributed by atoms with Gasteiger partial charge in [0.05, 0.1) is 6.07 Å². The lowest BCUT2D eigenvalue weighted by atomic mass is 9.84. The second-order valence-corrected chi connectivity index (χ2v) is 7.15. The third-order valence-electron chi connectivity index (χ3n) is 4.51. The molecule has 1 aromatic rings. The molecule has 0 aromatic carbocycles. The van der Waals surface area contributed by atoms with Gasteiger partial charge in [-0.1, -0.05) is 30.6 Å². The molecule has 1 N–H and O–H groups in total. The van der Waals surface area contributed by atoms with Crippen molar-refractivity contribution >= 4 is 17.2 Å². The number of aryl methyl sites for hydroxylation is 1. The molecule has 1 amide bonds. The van der Waals surface area contributed by atoms with Crippen molar-refractivity contribution < 1.29 is 4.79 Å². The minimum Gasteiger partial charge on any atom is -0.340 e. The second kappa shape index (κ2) is 7.59. The number of thiazole rings is 1. The van der Waals surface area contributed by atoms with E-state index in [4.69, 9.17) is 0 Å². The van der Waals surface area contributed by atoms with Crippen LogP contribution in [0.5, 0.6) is 0 Å². The first kappa shape index (κ1) is 16.8. The van der Waals surface area contributed by atoms with Crippen molar-refractivity contribution in [2.24, 2.45) is 5.92 Å². The first-order valence-electron chi connectivity index (χ1n) is 7.88. The highest BCUT2D eigenvalue weighted by atomic mass is 32.1. The number of hydrogen-bond acceptors (Lipinski definition) is 4. The highest BCUT2D eigenvalue weighted by Crippen LogP contribution is 2.26. The van der Waals surface area contributed by atoms with Crippen LogP contribution in [0.1, 0.15) is 49.1 Å². The quantitative estimate of drug-likeness (QED) is 0.905. The van der Waals surface area contributed by atoms with Crippen LogP contribution in [0.15, 0.2) is 4.79 Å². The molecule has 0 unspecified atom stereocenters. The number of carbonyl (C=O) groups is 1. The van der Waals surface area contributed by atoms with Gasteiger partial charge in [-0.25, -0.2) is 0 Å². The van der Waals surface area contributed by atoms with Crippen LogP contribution in [0, 0.1) is 31.1 Å². The Balaban J connectivity index is 1.89. The van der Waals surface area contributed by atoms with E-state index in [9.17, 15) is 14.9 Å². The van der Waals surface area contributed by atoms with E-state index in [0.717, 1.165) is 36.3 Å². The molecule has 0 radical (unpaired) electrons. The third kappa shape index (κ3) is 3.98. The Morgan fingerprint density at radius 2 is 2.09 bits per heavy atom. The minimum atomic E-state index is -0.394. The summed E-state index contributed by atoms with van der Waals surface area (Å²) in [5.41, 5.74) is 0.923. The van der Waals surface area contributed by atoms with Gasteiger partial charge in [0, 0.05) is 23.5 Å². The van der Waals surface area contributed by atoms with Crippen molar-refractivity contribution in [2.75, 3.05) is 0 Å². The summed E-state index contributed by atoms with van der Waals surface area (Å²) >= 11 is 1.21.